The molecule has 7 nitrogen and oxygen atoms in total. The lowest BCUT2D eigenvalue weighted by atomic mass is 10.3. The maximum atomic E-state index is 12.3. The highest BCUT2D eigenvalue weighted by molar-refractivity contribution is 7.22. The number of carbonyl (C=O) groups excluding carboxylic acids is 1. The van der Waals surface area contributed by atoms with Gasteiger partial charge in [-0.15, -0.1) is 5.10 Å². The Morgan fingerprint density at radius 2 is 2.17 bits per heavy atom. The minimum absolute atomic E-state index is 0.0455. The van der Waals surface area contributed by atoms with Crippen molar-refractivity contribution >= 4 is 50.0 Å². The number of fused-ring (bicyclic) bond motifs is 2. The maximum absolute atomic E-state index is 12.3. The first-order valence-electron chi connectivity index (χ1n) is 6.66. The van der Waals surface area contributed by atoms with Crippen molar-refractivity contribution in [2.45, 2.75) is 6.92 Å². The number of aryl methyl sites for hydroxylation is 1. The molecule has 4 aromatic rings. The monoisotopic (exact) mass is 344 g/mol. The third kappa shape index (κ3) is 2.51. The number of aromatic nitrogens is 5. The molecule has 0 bridgehead atoms. The highest BCUT2D eigenvalue weighted by Gasteiger charge is 2.16. The van der Waals surface area contributed by atoms with Crippen LogP contribution in [0.5, 0.6) is 0 Å². The second-order valence-corrected chi connectivity index (χ2v) is 6.29. The van der Waals surface area contributed by atoms with Crippen molar-refractivity contribution in [1.82, 2.24) is 24.6 Å². The van der Waals surface area contributed by atoms with E-state index < -0.39 is 5.91 Å². The van der Waals surface area contributed by atoms with Crippen LogP contribution in [-0.4, -0.2) is 30.5 Å². The van der Waals surface area contributed by atoms with Crippen molar-refractivity contribution in [2.24, 2.45) is 0 Å². The Hall–Kier alpha value is -2.58. The number of nitrogens with one attached hydrogen (secondary N) is 1. The smallest absolute Gasteiger partial charge is 0.295 e. The van der Waals surface area contributed by atoms with E-state index in [9.17, 15) is 4.79 Å². The largest absolute Gasteiger partial charge is 0.297 e. The summed E-state index contributed by atoms with van der Waals surface area (Å²) in [5.74, 6) is -0.00428. The predicted molar refractivity (Wildman–Crippen MR) is 88.1 cm³/mol. The van der Waals surface area contributed by atoms with Crippen LogP contribution in [0.25, 0.3) is 16.0 Å². The van der Waals surface area contributed by atoms with E-state index in [0.29, 0.717) is 15.9 Å². The van der Waals surface area contributed by atoms with E-state index >= 15 is 0 Å². The molecular formula is C14H9ClN6OS. The van der Waals surface area contributed by atoms with Crippen LogP contribution in [-0.2, 0) is 0 Å². The highest BCUT2D eigenvalue weighted by Crippen LogP contribution is 2.28. The molecule has 0 saturated carbocycles. The number of anilines is 1. The summed E-state index contributed by atoms with van der Waals surface area (Å²) in [6, 6.07) is 7.16. The van der Waals surface area contributed by atoms with Gasteiger partial charge in [0.15, 0.2) is 5.13 Å². The Labute approximate surface area is 139 Å². The van der Waals surface area contributed by atoms with E-state index in [2.05, 4.69) is 25.4 Å². The number of hydrogen-bond acceptors (Lipinski definition) is 6. The molecule has 0 spiro atoms. The minimum atomic E-state index is -0.431. The van der Waals surface area contributed by atoms with E-state index in [1.807, 2.05) is 6.92 Å². The molecule has 0 fully saturated rings. The molecule has 1 amide bonds. The third-order valence-corrected chi connectivity index (χ3v) is 4.37. The van der Waals surface area contributed by atoms with Gasteiger partial charge in [0.2, 0.25) is 5.82 Å². The summed E-state index contributed by atoms with van der Waals surface area (Å²) in [7, 11) is 0. The van der Waals surface area contributed by atoms with E-state index in [4.69, 9.17) is 11.6 Å². The van der Waals surface area contributed by atoms with Crippen molar-refractivity contribution in [3.63, 3.8) is 0 Å². The van der Waals surface area contributed by atoms with Gasteiger partial charge < -0.3 is 0 Å². The van der Waals surface area contributed by atoms with E-state index in [1.165, 1.54) is 15.9 Å². The molecule has 3 aromatic heterocycles. The summed E-state index contributed by atoms with van der Waals surface area (Å²) in [6.07, 6.45) is 1.62. The lowest BCUT2D eigenvalue weighted by molar-refractivity contribution is 0.101. The van der Waals surface area contributed by atoms with Crippen LogP contribution in [0.3, 0.4) is 0 Å². The zero-order valence-corrected chi connectivity index (χ0v) is 13.4. The highest BCUT2D eigenvalue weighted by atomic mass is 35.5. The van der Waals surface area contributed by atoms with Gasteiger partial charge in [0.05, 0.1) is 10.2 Å². The van der Waals surface area contributed by atoms with Gasteiger partial charge in [-0.1, -0.05) is 22.9 Å². The standard InChI is InChI=1S/C14H9ClN6OS/c1-7-4-5-16-13-18-11(20-21(7)13)12(22)19-14-17-9-3-2-8(15)6-10(9)23-14/h2-6H,1H3,(H,17,19,22). The SMILES string of the molecule is Cc1ccnc2nc(C(=O)Nc3nc4ccc(Cl)cc4s3)nn12. The maximum Gasteiger partial charge on any atom is 0.297 e. The lowest BCUT2D eigenvalue weighted by Gasteiger charge is -1.95. The fourth-order valence-corrected chi connectivity index (χ4v) is 3.24. The molecule has 0 aliphatic rings. The topological polar surface area (TPSA) is 85.1 Å². The van der Waals surface area contributed by atoms with Gasteiger partial charge in [0.25, 0.3) is 11.7 Å². The number of hydrogen-bond donors (Lipinski definition) is 1. The second kappa shape index (κ2) is 5.25. The summed E-state index contributed by atoms with van der Waals surface area (Å²) in [4.78, 5) is 24.8. The Kier molecular flexibility index (Phi) is 3.21. The average molecular weight is 345 g/mol. The van der Waals surface area contributed by atoms with Crippen LogP contribution in [0.4, 0.5) is 5.13 Å². The average Bonchev–Trinajstić information content (AvgIpc) is 3.11. The first-order chi connectivity index (χ1) is 11.1. The molecule has 0 radical (unpaired) electrons. The van der Waals surface area contributed by atoms with Crippen LogP contribution in [0.15, 0.2) is 30.5 Å². The number of amides is 1. The summed E-state index contributed by atoms with van der Waals surface area (Å²) in [5.41, 5.74) is 1.62. The predicted octanol–water partition coefficient (Wildman–Crippen LogP) is 2.95. The number of thiazole rings is 1. The molecule has 0 aliphatic carbocycles. The minimum Gasteiger partial charge on any atom is -0.295 e. The van der Waals surface area contributed by atoms with Gasteiger partial charge in [0, 0.05) is 16.9 Å². The van der Waals surface area contributed by atoms with Gasteiger partial charge >= 0.3 is 0 Å². The summed E-state index contributed by atoms with van der Waals surface area (Å²) >= 11 is 7.29. The second-order valence-electron chi connectivity index (χ2n) is 4.82. The fourth-order valence-electron chi connectivity index (χ4n) is 2.11. The van der Waals surface area contributed by atoms with Crippen LogP contribution >= 0.6 is 22.9 Å². The molecule has 0 atom stereocenters. The first-order valence-corrected chi connectivity index (χ1v) is 7.85. The van der Waals surface area contributed by atoms with Crippen molar-refractivity contribution in [3.8, 4) is 0 Å². The molecular weight excluding hydrogens is 336 g/mol. The van der Waals surface area contributed by atoms with Crippen LogP contribution < -0.4 is 5.32 Å². The van der Waals surface area contributed by atoms with Crippen molar-refractivity contribution in [1.29, 1.82) is 0 Å². The number of rotatable bonds is 2. The molecule has 1 aromatic carbocycles. The van der Waals surface area contributed by atoms with Crippen LogP contribution in [0.2, 0.25) is 5.02 Å². The summed E-state index contributed by atoms with van der Waals surface area (Å²) in [6.45, 7) is 1.86. The van der Waals surface area contributed by atoms with Gasteiger partial charge in [0.1, 0.15) is 0 Å². The van der Waals surface area contributed by atoms with Crippen molar-refractivity contribution in [2.75, 3.05) is 5.32 Å². The molecule has 3 heterocycles. The molecule has 0 unspecified atom stereocenters. The van der Waals surface area contributed by atoms with Gasteiger partial charge in [-0.2, -0.15) is 4.98 Å². The molecule has 0 saturated heterocycles. The molecule has 9 heteroatoms. The first kappa shape index (κ1) is 14.0. The number of carbonyl (C=O) groups is 1. The lowest BCUT2D eigenvalue weighted by Crippen LogP contribution is -2.13. The van der Waals surface area contributed by atoms with Crippen LogP contribution in [0.1, 0.15) is 16.3 Å². The Morgan fingerprint density at radius 3 is 3.00 bits per heavy atom. The van der Waals surface area contributed by atoms with E-state index in [1.54, 1.807) is 30.5 Å². The number of halogens is 1. The van der Waals surface area contributed by atoms with Gasteiger partial charge in [-0.05, 0) is 31.2 Å². The quantitative estimate of drug-likeness (QED) is 0.604. The fraction of sp³-hybridized carbons (Fsp3) is 0.0714. The zero-order chi connectivity index (χ0) is 16.0. The summed E-state index contributed by atoms with van der Waals surface area (Å²) in [5, 5.41) is 7.97. The van der Waals surface area contributed by atoms with Crippen LogP contribution in [0, 0.1) is 6.92 Å². The van der Waals surface area contributed by atoms with Gasteiger partial charge in [-0.25, -0.2) is 14.5 Å². The van der Waals surface area contributed by atoms with Crippen molar-refractivity contribution < 1.29 is 4.79 Å². The molecule has 4 rings (SSSR count). The van der Waals surface area contributed by atoms with E-state index in [-0.39, 0.29) is 5.82 Å². The number of nitrogens with zero attached hydrogens (tertiary/aromatic N) is 5. The Balaban J connectivity index is 1.66. The molecule has 114 valence electrons. The molecule has 23 heavy (non-hydrogen) atoms. The van der Waals surface area contributed by atoms with E-state index in [0.717, 1.165) is 15.9 Å². The van der Waals surface area contributed by atoms with Crippen molar-refractivity contribution in [3.05, 3.63) is 47.0 Å². The number of benzene rings is 1. The summed E-state index contributed by atoms with van der Waals surface area (Å²) < 4.78 is 2.42. The third-order valence-electron chi connectivity index (χ3n) is 3.20. The Bertz CT molecular complexity index is 1060. The molecule has 1 N–H and O–H groups in total. The normalized spacial score (nSPS) is 11.2. The van der Waals surface area contributed by atoms with Gasteiger partial charge in [-0.3, -0.25) is 10.1 Å². The Morgan fingerprint density at radius 1 is 1.30 bits per heavy atom. The zero-order valence-electron chi connectivity index (χ0n) is 11.8. The molecule has 0 aliphatic heterocycles.